The Hall–Kier alpha value is -1.42. The second-order valence-corrected chi connectivity index (χ2v) is 5.36. The van der Waals surface area contributed by atoms with Crippen LogP contribution in [-0.4, -0.2) is 13.7 Å². The highest BCUT2D eigenvalue weighted by atomic mass is 35.5. The topological polar surface area (TPSA) is 44.5 Å². The van der Waals surface area contributed by atoms with E-state index < -0.39 is 0 Å². The molecule has 0 radical (unpaired) electrons. The summed E-state index contributed by atoms with van der Waals surface area (Å²) in [6.45, 7) is 0.888. The molecule has 0 amide bonds. The molecule has 0 aliphatic carbocycles. The molecule has 21 heavy (non-hydrogen) atoms. The van der Waals surface area contributed by atoms with Crippen molar-refractivity contribution in [1.82, 2.24) is 0 Å². The van der Waals surface area contributed by atoms with E-state index in [4.69, 9.17) is 38.4 Å². The minimum absolute atomic E-state index is 0.341. The number of para-hydroxylation sites is 1. The van der Waals surface area contributed by atoms with Crippen molar-refractivity contribution in [2.45, 2.75) is 13.0 Å². The lowest BCUT2D eigenvalue weighted by atomic mass is 10.1. The van der Waals surface area contributed by atoms with Gasteiger partial charge in [0.2, 0.25) is 0 Å². The molecule has 0 bridgehead atoms. The van der Waals surface area contributed by atoms with Gasteiger partial charge in [-0.1, -0.05) is 41.4 Å². The van der Waals surface area contributed by atoms with Crippen LogP contribution in [0.2, 0.25) is 10.0 Å². The first-order valence-electron chi connectivity index (χ1n) is 6.58. The zero-order valence-corrected chi connectivity index (χ0v) is 13.2. The molecule has 2 aromatic carbocycles. The molecule has 0 aliphatic heterocycles. The Labute approximate surface area is 134 Å². The van der Waals surface area contributed by atoms with E-state index in [-0.39, 0.29) is 0 Å². The van der Waals surface area contributed by atoms with Gasteiger partial charge in [-0.25, -0.2) is 0 Å². The van der Waals surface area contributed by atoms with Crippen LogP contribution < -0.4 is 15.2 Å². The van der Waals surface area contributed by atoms with Crippen molar-refractivity contribution in [1.29, 1.82) is 0 Å². The molecule has 0 spiro atoms. The number of hydrogen-bond donors (Lipinski definition) is 1. The van der Waals surface area contributed by atoms with Gasteiger partial charge in [-0.3, -0.25) is 0 Å². The van der Waals surface area contributed by atoms with Crippen molar-refractivity contribution in [3.8, 4) is 11.5 Å². The molecule has 0 aliphatic rings. The SMILES string of the molecule is COc1cccc(CCN)c1OCc1ccc(Cl)cc1Cl. The summed E-state index contributed by atoms with van der Waals surface area (Å²) in [5.74, 6) is 1.39. The average Bonchev–Trinajstić information content (AvgIpc) is 2.47. The van der Waals surface area contributed by atoms with Crippen LogP contribution in [0.1, 0.15) is 11.1 Å². The smallest absolute Gasteiger partial charge is 0.164 e. The van der Waals surface area contributed by atoms with E-state index in [1.165, 1.54) is 0 Å². The second-order valence-electron chi connectivity index (χ2n) is 4.51. The maximum Gasteiger partial charge on any atom is 0.164 e. The largest absolute Gasteiger partial charge is 0.493 e. The minimum atomic E-state index is 0.341. The fourth-order valence-corrected chi connectivity index (χ4v) is 2.49. The summed E-state index contributed by atoms with van der Waals surface area (Å²) in [6.07, 6.45) is 0.723. The van der Waals surface area contributed by atoms with Gasteiger partial charge in [0.05, 0.1) is 7.11 Å². The first kappa shape index (κ1) is 16.0. The highest BCUT2D eigenvalue weighted by molar-refractivity contribution is 6.35. The number of rotatable bonds is 6. The standard InChI is InChI=1S/C16H17Cl2NO2/c1-20-15-4-2-3-11(7-8-19)16(15)21-10-12-5-6-13(17)9-14(12)18/h2-6,9H,7-8,10,19H2,1H3. The predicted molar refractivity (Wildman–Crippen MR) is 86.5 cm³/mol. The number of methoxy groups -OCH3 is 1. The molecule has 112 valence electrons. The first-order chi connectivity index (χ1) is 10.2. The van der Waals surface area contributed by atoms with Gasteiger partial charge in [0, 0.05) is 15.6 Å². The number of nitrogens with two attached hydrogens (primary N) is 1. The molecule has 0 heterocycles. The lowest BCUT2D eigenvalue weighted by molar-refractivity contribution is 0.281. The van der Waals surface area contributed by atoms with Crippen molar-refractivity contribution in [2.75, 3.05) is 13.7 Å². The van der Waals surface area contributed by atoms with Crippen molar-refractivity contribution < 1.29 is 9.47 Å². The summed E-state index contributed by atoms with van der Waals surface area (Å²) in [4.78, 5) is 0. The Morgan fingerprint density at radius 2 is 1.90 bits per heavy atom. The molecule has 0 saturated carbocycles. The molecule has 0 fully saturated rings. The molecule has 0 atom stereocenters. The van der Waals surface area contributed by atoms with Crippen LogP contribution in [0.5, 0.6) is 11.5 Å². The molecule has 0 unspecified atom stereocenters. The number of hydrogen-bond acceptors (Lipinski definition) is 3. The van der Waals surface area contributed by atoms with E-state index in [1.54, 1.807) is 19.2 Å². The van der Waals surface area contributed by atoms with E-state index in [1.807, 2.05) is 24.3 Å². The van der Waals surface area contributed by atoms with E-state index in [0.717, 1.165) is 17.5 Å². The molecular weight excluding hydrogens is 309 g/mol. The van der Waals surface area contributed by atoms with Crippen LogP contribution in [0.4, 0.5) is 0 Å². The maximum absolute atomic E-state index is 6.15. The van der Waals surface area contributed by atoms with Crippen molar-refractivity contribution in [3.63, 3.8) is 0 Å². The fraction of sp³-hybridized carbons (Fsp3) is 0.250. The van der Waals surface area contributed by atoms with Crippen molar-refractivity contribution in [2.24, 2.45) is 5.73 Å². The summed E-state index contributed by atoms with van der Waals surface area (Å²) in [6, 6.07) is 11.1. The highest BCUT2D eigenvalue weighted by Crippen LogP contribution is 2.32. The third kappa shape index (κ3) is 4.03. The van der Waals surface area contributed by atoms with Crippen LogP contribution in [-0.2, 0) is 13.0 Å². The van der Waals surface area contributed by atoms with Crippen LogP contribution in [0.25, 0.3) is 0 Å². The lowest BCUT2D eigenvalue weighted by Gasteiger charge is -2.15. The summed E-state index contributed by atoms with van der Waals surface area (Å²) in [7, 11) is 1.61. The molecule has 2 aromatic rings. The monoisotopic (exact) mass is 325 g/mol. The Morgan fingerprint density at radius 1 is 1.10 bits per heavy atom. The van der Waals surface area contributed by atoms with Gasteiger partial charge >= 0.3 is 0 Å². The van der Waals surface area contributed by atoms with Gasteiger partial charge in [-0.15, -0.1) is 0 Å². The van der Waals surface area contributed by atoms with Crippen LogP contribution in [0, 0.1) is 0 Å². The van der Waals surface area contributed by atoms with E-state index >= 15 is 0 Å². The van der Waals surface area contributed by atoms with E-state index in [9.17, 15) is 0 Å². The quantitative estimate of drug-likeness (QED) is 0.870. The third-order valence-electron chi connectivity index (χ3n) is 3.08. The summed E-state index contributed by atoms with van der Waals surface area (Å²) in [5, 5.41) is 1.18. The van der Waals surface area contributed by atoms with Gasteiger partial charge in [-0.05, 0) is 36.7 Å². The number of halogens is 2. The molecule has 2 N–H and O–H groups in total. The Balaban J connectivity index is 2.22. The number of benzene rings is 2. The molecule has 0 saturated heterocycles. The van der Waals surface area contributed by atoms with E-state index in [0.29, 0.717) is 34.7 Å². The second kappa shape index (κ2) is 7.55. The Morgan fingerprint density at radius 3 is 2.57 bits per heavy atom. The normalized spacial score (nSPS) is 10.5. The lowest BCUT2D eigenvalue weighted by Crippen LogP contribution is -2.06. The molecule has 3 nitrogen and oxygen atoms in total. The maximum atomic E-state index is 6.15. The summed E-state index contributed by atoms with van der Waals surface area (Å²) in [5.41, 5.74) is 7.52. The first-order valence-corrected chi connectivity index (χ1v) is 7.34. The number of ether oxygens (including phenoxy) is 2. The minimum Gasteiger partial charge on any atom is -0.493 e. The van der Waals surface area contributed by atoms with Gasteiger partial charge in [-0.2, -0.15) is 0 Å². The van der Waals surface area contributed by atoms with Gasteiger partial charge in [0.25, 0.3) is 0 Å². The van der Waals surface area contributed by atoms with Crippen molar-refractivity contribution in [3.05, 3.63) is 57.6 Å². The van der Waals surface area contributed by atoms with Crippen LogP contribution in [0.3, 0.4) is 0 Å². The molecule has 5 heteroatoms. The zero-order valence-electron chi connectivity index (χ0n) is 11.7. The zero-order chi connectivity index (χ0) is 15.2. The molecular formula is C16H17Cl2NO2. The predicted octanol–water partition coefficient (Wildman–Crippen LogP) is 4.08. The highest BCUT2D eigenvalue weighted by Gasteiger charge is 2.11. The van der Waals surface area contributed by atoms with E-state index in [2.05, 4.69) is 0 Å². The van der Waals surface area contributed by atoms with Crippen LogP contribution in [0.15, 0.2) is 36.4 Å². The van der Waals surface area contributed by atoms with Crippen LogP contribution >= 0.6 is 23.2 Å². The molecule has 2 rings (SSSR count). The fourth-order valence-electron chi connectivity index (χ4n) is 2.03. The summed E-state index contributed by atoms with van der Waals surface area (Å²) >= 11 is 12.0. The van der Waals surface area contributed by atoms with Crippen molar-refractivity contribution >= 4 is 23.2 Å². The average molecular weight is 326 g/mol. The van der Waals surface area contributed by atoms with Gasteiger partial charge < -0.3 is 15.2 Å². The Kier molecular flexibility index (Phi) is 5.74. The molecule has 0 aromatic heterocycles. The van der Waals surface area contributed by atoms with Gasteiger partial charge in [0.1, 0.15) is 6.61 Å². The Bertz CT molecular complexity index is 617. The third-order valence-corrected chi connectivity index (χ3v) is 3.67. The van der Waals surface area contributed by atoms with Gasteiger partial charge in [0.15, 0.2) is 11.5 Å². The summed E-state index contributed by atoms with van der Waals surface area (Å²) < 4.78 is 11.3.